The lowest BCUT2D eigenvalue weighted by Gasteiger charge is -2.18. The van der Waals surface area contributed by atoms with Gasteiger partial charge in [0.05, 0.1) is 15.1 Å². The van der Waals surface area contributed by atoms with Crippen LogP contribution in [-0.2, 0) is 4.74 Å². The summed E-state index contributed by atoms with van der Waals surface area (Å²) in [5.74, 6) is -0.379. The van der Waals surface area contributed by atoms with E-state index in [2.05, 4.69) is 4.74 Å². The highest BCUT2D eigenvalue weighted by Gasteiger charge is 2.35. The van der Waals surface area contributed by atoms with Gasteiger partial charge < -0.3 is 9.47 Å². The molecule has 0 aliphatic rings. The Labute approximate surface area is 164 Å². The van der Waals surface area contributed by atoms with Gasteiger partial charge in [0, 0.05) is 0 Å². The van der Waals surface area contributed by atoms with Crippen molar-refractivity contribution in [2.24, 2.45) is 0 Å². The number of hydrogen-bond donors (Lipinski definition) is 0. The molecule has 0 amide bonds. The quantitative estimate of drug-likeness (QED) is 0.147. The van der Waals surface area contributed by atoms with Crippen molar-refractivity contribution in [2.75, 3.05) is 0 Å². The molecule has 12 heteroatoms. The number of halogens is 9. The first-order valence-corrected chi connectivity index (χ1v) is 8.03. The predicted octanol–water partition coefficient (Wildman–Crippen LogP) is 7.40. The van der Waals surface area contributed by atoms with Gasteiger partial charge in [0.1, 0.15) is 10.0 Å². The highest BCUT2D eigenvalue weighted by molar-refractivity contribution is 6.70. The number of ether oxygens (including phenoxy) is 2. The Morgan fingerprint density at radius 3 is 1.62 bits per heavy atom. The Morgan fingerprint density at radius 1 is 0.857 bits per heavy atom. The number of benzene rings is 1. The molecule has 0 N–H and O–H groups in total. The van der Waals surface area contributed by atoms with Crippen LogP contribution in [0.2, 0.25) is 25.1 Å². The summed E-state index contributed by atoms with van der Waals surface area (Å²) in [5, 5.41) is -0.953. The minimum Gasteiger partial charge on any atom is -0.410 e. The molecule has 118 valence electrons. The minimum atomic E-state index is -2.07. The number of hydrogen-bond acceptors (Lipinski definition) is 3. The molecule has 3 nitrogen and oxygen atoms in total. The Bertz CT molecular complexity index is 540. The van der Waals surface area contributed by atoms with Crippen molar-refractivity contribution >= 4 is 111 Å². The fraction of sp³-hybridized carbons (Fsp3) is 0.222. The molecular weight excluding hydrogens is 475 g/mol. The van der Waals surface area contributed by atoms with Crippen LogP contribution in [0.1, 0.15) is 0 Å². The van der Waals surface area contributed by atoms with Crippen LogP contribution in [0.25, 0.3) is 0 Å². The molecule has 0 spiro atoms. The maximum Gasteiger partial charge on any atom is 0.515 e. The third-order valence-electron chi connectivity index (χ3n) is 1.81. The van der Waals surface area contributed by atoms with E-state index in [1.54, 1.807) is 0 Å². The van der Waals surface area contributed by atoms with Crippen LogP contribution >= 0.6 is 104 Å². The fourth-order valence-corrected chi connectivity index (χ4v) is 2.34. The van der Waals surface area contributed by atoms with E-state index in [1.165, 1.54) is 0 Å². The monoisotopic (exact) mass is 472 g/mol. The average Bonchev–Trinajstić information content (AvgIpc) is 2.38. The minimum absolute atomic E-state index is 0.106. The second-order valence-electron chi connectivity index (χ2n) is 3.23. The van der Waals surface area contributed by atoms with E-state index in [4.69, 9.17) is 109 Å². The molecule has 1 unspecified atom stereocenters. The van der Waals surface area contributed by atoms with Crippen LogP contribution in [0, 0.1) is 0 Å². The predicted molar refractivity (Wildman–Crippen MR) is 88.5 cm³/mol. The molecule has 0 aliphatic carbocycles. The van der Waals surface area contributed by atoms with Crippen molar-refractivity contribution in [3.8, 4) is 5.75 Å². The summed E-state index contributed by atoms with van der Waals surface area (Å²) >= 11 is 50.8. The zero-order valence-corrected chi connectivity index (χ0v) is 16.0. The van der Waals surface area contributed by atoms with E-state index >= 15 is 0 Å². The van der Waals surface area contributed by atoms with Crippen LogP contribution in [-0.4, -0.2) is 15.5 Å². The van der Waals surface area contributed by atoms with Gasteiger partial charge in [-0.2, -0.15) is 0 Å². The largest absolute Gasteiger partial charge is 0.515 e. The molecule has 0 fully saturated rings. The van der Waals surface area contributed by atoms with Crippen molar-refractivity contribution in [1.29, 1.82) is 0 Å². The summed E-state index contributed by atoms with van der Waals surface area (Å²) in [6.45, 7) is 0. The van der Waals surface area contributed by atoms with Crippen LogP contribution < -0.4 is 4.74 Å². The lowest BCUT2D eigenvalue weighted by Crippen LogP contribution is -2.27. The summed E-state index contributed by atoms with van der Waals surface area (Å²) in [6.07, 6.45) is -1.35. The van der Waals surface area contributed by atoms with E-state index < -0.39 is 15.5 Å². The highest BCUT2D eigenvalue weighted by atomic mass is 35.6. The van der Waals surface area contributed by atoms with Crippen LogP contribution in [0.4, 0.5) is 4.79 Å². The van der Waals surface area contributed by atoms with E-state index in [1.807, 2.05) is 0 Å². The number of carbonyl (C=O) groups is 1. The van der Waals surface area contributed by atoms with Crippen molar-refractivity contribution in [1.82, 2.24) is 0 Å². The van der Waals surface area contributed by atoms with E-state index in [0.29, 0.717) is 0 Å². The molecule has 0 bridgehead atoms. The molecule has 0 aliphatic heterocycles. The van der Waals surface area contributed by atoms with Gasteiger partial charge in [-0.05, 0) is 0 Å². The SMILES string of the molecule is O=C(Oc1c(Cl)c(Cl)c(Cl)c(Cl)c1Cl)OC(Cl)C(Cl)(Cl)Cl. The first kappa shape index (κ1) is 20.1. The molecule has 0 aromatic heterocycles. The lowest BCUT2D eigenvalue weighted by atomic mass is 10.3. The molecule has 1 atom stereocenters. The summed E-state index contributed by atoms with van der Waals surface area (Å²) in [5.41, 5.74) is -1.62. The van der Waals surface area contributed by atoms with E-state index in [9.17, 15) is 4.79 Å². The Balaban J connectivity index is 3.02. The zero-order chi connectivity index (χ0) is 16.5. The van der Waals surface area contributed by atoms with Gasteiger partial charge in [0.15, 0.2) is 5.75 Å². The topological polar surface area (TPSA) is 35.5 Å². The Kier molecular flexibility index (Phi) is 7.46. The van der Waals surface area contributed by atoms with Gasteiger partial charge >= 0.3 is 6.16 Å². The summed E-state index contributed by atoms with van der Waals surface area (Å²) < 4.78 is 7.19. The summed E-state index contributed by atoms with van der Waals surface area (Å²) in [7, 11) is 0. The van der Waals surface area contributed by atoms with Crippen molar-refractivity contribution < 1.29 is 14.3 Å². The van der Waals surface area contributed by atoms with Gasteiger partial charge in [-0.25, -0.2) is 4.79 Å². The normalized spacial score (nSPS) is 13.0. The molecule has 1 aromatic rings. The third kappa shape index (κ3) is 5.03. The van der Waals surface area contributed by atoms with E-state index in [0.717, 1.165) is 0 Å². The summed E-state index contributed by atoms with van der Waals surface area (Å²) in [4.78, 5) is 11.5. The standard InChI is InChI=1S/C9HCl9O3/c10-1-2(11)4(13)6(5(14)3(1)12)20-8(19)21-7(15)9(16,17)18/h7H. The highest BCUT2D eigenvalue weighted by Crippen LogP contribution is 2.48. The van der Waals surface area contributed by atoms with Crippen molar-refractivity contribution in [2.45, 2.75) is 9.36 Å². The number of carbonyl (C=O) groups excluding carboxylic acids is 1. The van der Waals surface area contributed by atoms with Crippen LogP contribution in [0.5, 0.6) is 5.75 Å². The molecule has 0 saturated carbocycles. The van der Waals surface area contributed by atoms with Crippen molar-refractivity contribution in [3.63, 3.8) is 0 Å². The van der Waals surface area contributed by atoms with Crippen molar-refractivity contribution in [3.05, 3.63) is 25.1 Å². The average molecular weight is 476 g/mol. The van der Waals surface area contributed by atoms with Gasteiger partial charge in [0.25, 0.3) is 0 Å². The Hall–Kier alpha value is 1.10. The van der Waals surface area contributed by atoms with Gasteiger partial charge in [0.2, 0.25) is 9.36 Å². The van der Waals surface area contributed by atoms with E-state index in [-0.39, 0.29) is 30.9 Å². The second kappa shape index (κ2) is 7.78. The van der Waals surface area contributed by atoms with Crippen LogP contribution in [0.3, 0.4) is 0 Å². The Morgan fingerprint density at radius 2 is 1.24 bits per heavy atom. The molecule has 0 heterocycles. The molecule has 0 radical (unpaired) electrons. The lowest BCUT2D eigenvalue weighted by molar-refractivity contribution is 0.0882. The maximum atomic E-state index is 11.5. The second-order valence-corrected chi connectivity index (χ2v) is 7.88. The molecule has 0 saturated heterocycles. The van der Waals surface area contributed by atoms with Gasteiger partial charge in [-0.3, -0.25) is 0 Å². The smallest absolute Gasteiger partial charge is 0.410 e. The van der Waals surface area contributed by atoms with Gasteiger partial charge in [-0.15, -0.1) is 0 Å². The first-order chi connectivity index (χ1) is 9.46. The third-order valence-corrected chi connectivity index (χ3v) is 5.40. The van der Waals surface area contributed by atoms with Gasteiger partial charge in [-0.1, -0.05) is 104 Å². The molecule has 1 rings (SSSR count). The molecule has 21 heavy (non-hydrogen) atoms. The molecular formula is C9HCl9O3. The number of alkyl halides is 4. The molecule has 1 aromatic carbocycles. The number of rotatable bonds is 2. The maximum absolute atomic E-state index is 11.5. The first-order valence-electron chi connectivity index (χ1n) is 4.57. The fourth-order valence-electron chi connectivity index (χ4n) is 0.933. The van der Waals surface area contributed by atoms with Crippen LogP contribution in [0.15, 0.2) is 0 Å². The summed E-state index contributed by atoms with van der Waals surface area (Å²) in [6, 6.07) is 0. The zero-order valence-electron chi connectivity index (χ0n) is 9.20.